The molecule has 3 atom stereocenters. The molecule has 8 nitrogen and oxygen atoms in total. The number of amides is 1. The van der Waals surface area contributed by atoms with Crippen molar-refractivity contribution in [3.63, 3.8) is 0 Å². The fraction of sp³-hybridized carbons (Fsp3) is 0.370. The summed E-state index contributed by atoms with van der Waals surface area (Å²) in [6.45, 7) is 2.26. The number of hydrogen-bond acceptors (Lipinski definition) is 6. The van der Waals surface area contributed by atoms with E-state index in [0.29, 0.717) is 34.1 Å². The first-order valence-electron chi connectivity index (χ1n) is 11.8. The predicted octanol–water partition coefficient (Wildman–Crippen LogP) is 3.05. The van der Waals surface area contributed by atoms with Crippen LogP contribution in [0, 0.1) is 29.6 Å². The van der Waals surface area contributed by atoms with Crippen LogP contribution in [0.2, 0.25) is 5.02 Å². The molecule has 2 aromatic heterocycles. The van der Waals surface area contributed by atoms with Crippen LogP contribution < -0.4 is 10.5 Å². The molecule has 0 bridgehead atoms. The number of benzene rings is 1. The van der Waals surface area contributed by atoms with Crippen molar-refractivity contribution in [1.29, 1.82) is 0 Å². The molecule has 1 aliphatic carbocycles. The second-order valence-electron chi connectivity index (χ2n) is 9.62. The van der Waals surface area contributed by atoms with Crippen LogP contribution in [0.5, 0.6) is 5.75 Å². The van der Waals surface area contributed by atoms with Gasteiger partial charge < -0.3 is 24.8 Å². The zero-order chi connectivity index (χ0) is 25.6. The van der Waals surface area contributed by atoms with Gasteiger partial charge in [-0.1, -0.05) is 29.7 Å². The molecular weight excluding hydrogens is 476 g/mol. The lowest BCUT2D eigenvalue weighted by molar-refractivity contribution is -0.125. The number of aromatic nitrogens is 3. The number of piperidine rings is 1. The number of nitrogens with zero attached hydrogens (tertiary/aromatic N) is 5. The molecule has 186 valence electrons. The van der Waals surface area contributed by atoms with Gasteiger partial charge in [0.25, 0.3) is 0 Å². The Morgan fingerprint density at radius 2 is 2.06 bits per heavy atom. The van der Waals surface area contributed by atoms with Gasteiger partial charge in [0.05, 0.1) is 17.5 Å². The summed E-state index contributed by atoms with van der Waals surface area (Å²) in [5.74, 6) is 9.06. The van der Waals surface area contributed by atoms with E-state index in [4.69, 9.17) is 22.1 Å². The van der Waals surface area contributed by atoms with Crippen molar-refractivity contribution in [3.8, 4) is 28.7 Å². The molecule has 1 saturated heterocycles. The van der Waals surface area contributed by atoms with Gasteiger partial charge >= 0.3 is 0 Å². The molecule has 3 heterocycles. The van der Waals surface area contributed by atoms with E-state index in [1.54, 1.807) is 19.3 Å². The van der Waals surface area contributed by atoms with Gasteiger partial charge in [-0.15, -0.1) is 0 Å². The topological polar surface area (TPSA) is 89.5 Å². The summed E-state index contributed by atoms with van der Waals surface area (Å²) in [5, 5.41) is 1.28. The van der Waals surface area contributed by atoms with Crippen molar-refractivity contribution in [2.75, 3.05) is 46.6 Å². The van der Waals surface area contributed by atoms with E-state index >= 15 is 0 Å². The number of aryl methyl sites for hydroxylation is 1. The lowest BCUT2D eigenvalue weighted by Crippen LogP contribution is -2.30. The normalized spacial score (nSPS) is 20.6. The van der Waals surface area contributed by atoms with E-state index in [1.165, 1.54) is 6.33 Å². The van der Waals surface area contributed by atoms with Crippen molar-refractivity contribution in [2.45, 2.75) is 0 Å². The Labute approximate surface area is 215 Å². The Morgan fingerprint density at radius 3 is 2.75 bits per heavy atom. The number of anilines is 1. The Bertz CT molecular complexity index is 1420. The van der Waals surface area contributed by atoms with Crippen molar-refractivity contribution < 1.29 is 9.53 Å². The molecule has 2 fully saturated rings. The average molecular weight is 505 g/mol. The van der Waals surface area contributed by atoms with Gasteiger partial charge in [0.2, 0.25) is 5.91 Å². The number of likely N-dealkylation sites (tertiary alicyclic amines) is 1. The number of rotatable bonds is 5. The molecule has 1 amide bonds. The molecular formula is C27H29ClN6O2. The molecule has 1 aliphatic heterocycles. The SMILES string of the molecule is COc1cc(-c2c(C#C[C@@H]3[C@H]4CN(C(=O)/C=C/CN(C)C)C[C@@H]34)n(C)c3ncnc(N)c23)ccc1Cl. The summed E-state index contributed by atoms with van der Waals surface area (Å²) in [6, 6.07) is 5.61. The summed E-state index contributed by atoms with van der Waals surface area (Å²) in [5.41, 5.74) is 9.57. The minimum atomic E-state index is 0.0810. The minimum Gasteiger partial charge on any atom is -0.495 e. The lowest BCUT2D eigenvalue weighted by atomic mass is 10.0. The van der Waals surface area contributed by atoms with Gasteiger partial charge in [-0.3, -0.25) is 4.79 Å². The van der Waals surface area contributed by atoms with Crippen LogP contribution in [-0.2, 0) is 11.8 Å². The number of likely N-dealkylation sites (N-methyl/N-ethyl adjacent to an activating group) is 1. The third-order valence-electron chi connectivity index (χ3n) is 7.03. The maximum Gasteiger partial charge on any atom is 0.246 e. The van der Waals surface area contributed by atoms with Gasteiger partial charge in [0.1, 0.15) is 29.2 Å². The van der Waals surface area contributed by atoms with Crippen LogP contribution in [0.3, 0.4) is 0 Å². The molecule has 2 N–H and O–H groups in total. The summed E-state index contributed by atoms with van der Waals surface area (Å²) in [7, 11) is 7.48. The van der Waals surface area contributed by atoms with Crippen molar-refractivity contribution in [1.82, 2.24) is 24.3 Å². The molecule has 2 aliphatic rings. The zero-order valence-electron chi connectivity index (χ0n) is 20.8. The maximum atomic E-state index is 12.5. The number of hydrogen-bond donors (Lipinski definition) is 1. The standard InChI is InChI=1S/C27H29ClN6O2/c1-32(2)11-5-6-23(35)34-13-18-17(19(18)14-34)8-10-21-24(16-7-9-20(28)22(12-16)36-4)25-26(29)30-15-31-27(25)33(21)3/h5-7,9,12,15,17-19H,11,13-14H2,1-4H3,(H2,29,30,31)/b6-5+/t17-,18-,19+. The van der Waals surface area contributed by atoms with Gasteiger partial charge in [0, 0.05) is 44.2 Å². The molecule has 5 rings (SSSR count). The van der Waals surface area contributed by atoms with E-state index in [9.17, 15) is 4.79 Å². The van der Waals surface area contributed by atoms with E-state index in [2.05, 4.69) is 21.8 Å². The number of halogens is 1. The summed E-state index contributed by atoms with van der Waals surface area (Å²) in [4.78, 5) is 25.1. The number of ether oxygens (including phenoxy) is 1. The van der Waals surface area contributed by atoms with Crippen molar-refractivity contribution in [3.05, 3.63) is 47.4 Å². The highest BCUT2D eigenvalue weighted by Gasteiger charge is 2.55. The molecule has 9 heteroatoms. The highest BCUT2D eigenvalue weighted by Crippen LogP contribution is 2.51. The second-order valence-corrected chi connectivity index (χ2v) is 10.0. The first-order valence-corrected chi connectivity index (χ1v) is 12.2. The molecule has 1 saturated carbocycles. The number of nitrogens with two attached hydrogens (primary N) is 1. The molecule has 0 unspecified atom stereocenters. The van der Waals surface area contributed by atoms with Crippen LogP contribution in [0.1, 0.15) is 5.69 Å². The van der Waals surface area contributed by atoms with Crippen LogP contribution in [0.25, 0.3) is 22.2 Å². The predicted molar refractivity (Wildman–Crippen MR) is 142 cm³/mol. The Balaban J connectivity index is 1.43. The van der Waals surface area contributed by atoms with E-state index in [1.807, 2.05) is 53.7 Å². The number of methoxy groups -OCH3 is 1. The van der Waals surface area contributed by atoms with Crippen LogP contribution in [0.15, 0.2) is 36.7 Å². The molecule has 3 aromatic rings. The van der Waals surface area contributed by atoms with Crippen molar-refractivity contribution >= 4 is 34.4 Å². The zero-order valence-corrected chi connectivity index (χ0v) is 21.6. The second kappa shape index (κ2) is 9.49. The van der Waals surface area contributed by atoms with Gasteiger partial charge in [0.15, 0.2) is 0 Å². The molecule has 1 aromatic carbocycles. The van der Waals surface area contributed by atoms with Crippen molar-refractivity contribution in [2.24, 2.45) is 24.8 Å². The summed E-state index contributed by atoms with van der Waals surface area (Å²) < 4.78 is 7.40. The Hall–Kier alpha value is -3.54. The average Bonchev–Trinajstić information content (AvgIpc) is 3.17. The number of fused-ring (bicyclic) bond motifs is 2. The first kappa shape index (κ1) is 24.2. The molecule has 36 heavy (non-hydrogen) atoms. The summed E-state index contributed by atoms with van der Waals surface area (Å²) in [6.07, 6.45) is 5.05. The van der Waals surface area contributed by atoms with Gasteiger partial charge in [-0.2, -0.15) is 0 Å². The largest absolute Gasteiger partial charge is 0.495 e. The third-order valence-corrected chi connectivity index (χ3v) is 7.34. The van der Waals surface area contributed by atoms with Gasteiger partial charge in [-0.05, 0) is 49.5 Å². The number of carbonyl (C=O) groups excluding carboxylic acids is 1. The Kier molecular flexibility index (Phi) is 6.37. The number of nitrogen functional groups attached to an aromatic ring is 1. The molecule has 0 spiro atoms. The highest BCUT2D eigenvalue weighted by molar-refractivity contribution is 6.32. The van der Waals surface area contributed by atoms with E-state index in [-0.39, 0.29) is 11.8 Å². The minimum absolute atomic E-state index is 0.0810. The monoisotopic (exact) mass is 504 g/mol. The fourth-order valence-electron chi connectivity index (χ4n) is 5.06. The maximum absolute atomic E-state index is 12.5. The molecule has 0 radical (unpaired) electrons. The quantitative estimate of drug-likeness (QED) is 0.424. The Morgan fingerprint density at radius 1 is 1.31 bits per heavy atom. The fourth-order valence-corrected chi connectivity index (χ4v) is 5.25. The lowest BCUT2D eigenvalue weighted by Gasteiger charge is -2.16. The first-order chi connectivity index (χ1) is 17.3. The van der Waals surface area contributed by atoms with Crippen LogP contribution in [0.4, 0.5) is 5.82 Å². The third kappa shape index (κ3) is 4.29. The van der Waals surface area contributed by atoms with Crippen LogP contribution >= 0.6 is 11.6 Å². The van der Waals surface area contributed by atoms with E-state index in [0.717, 1.165) is 41.8 Å². The smallest absolute Gasteiger partial charge is 0.246 e. The van der Waals surface area contributed by atoms with E-state index < -0.39 is 0 Å². The summed E-state index contributed by atoms with van der Waals surface area (Å²) >= 11 is 6.28. The van der Waals surface area contributed by atoms with Crippen LogP contribution in [-0.4, -0.2) is 71.1 Å². The van der Waals surface area contributed by atoms with Gasteiger partial charge in [-0.25, -0.2) is 9.97 Å². The number of carbonyl (C=O) groups is 1. The highest BCUT2D eigenvalue weighted by atomic mass is 35.5.